The number of piperidine rings is 1. The highest BCUT2D eigenvalue weighted by Gasteiger charge is 2.33. The summed E-state index contributed by atoms with van der Waals surface area (Å²) in [5, 5.41) is 9.62. The number of aliphatic hydroxyl groups excluding tert-OH is 1. The molecule has 1 aromatic rings. The van der Waals surface area contributed by atoms with Gasteiger partial charge in [-0.25, -0.2) is 0 Å². The van der Waals surface area contributed by atoms with Gasteiger partial charge >= 0.3 is 0 Å². The predicted molar refractivity (Wildman–Crippen MR) is 84.4 cm³/mol. The average molecular weight is 303 g/mol. The Bertz CT molecular complexity index is 531. The van der Waals surface area contributed by atoms with Crippen molar-refractivity contribution in [2.24, 2.45) is 5.92 Å². The number of benzene rings is 1. The SMILES string of the molecule is CC1CCCN(C(=O)CC2OCCc3ccccc32)C1CO. The first-order valence-electron chi connectivity index (χ1n) is 8.30. The van der Waals surface area contributed by atoms with Crippen LogP contribution in [0, 0.1) is 5.92 Å². The summed E-state index contributed by atoms with van der Waals surface area (Å²) in [7, 11) is 0. The molecule has 1 fully saturated rings. The van der Waals surface area contributed by atoms with Crippen LogP contribution in [0.1, 0.15) is 43.4 Å². The molecule has 3 atom stereocenters. The predicted octanol–water partition coefficient (Wildman–Crippen LogP) is 2.31. The van der Waals surface area contributed by atoms with E-state index >= 15 is 0 Å². The van der Waals surface area contributed by atoms with Crippen molar-refractivity contribution in [2.45, 2.75) is 44.8 Å². The van der Waals surface area contributed by atoms with Crippen molar-refractivity contribution in [2.75, 3.05) is 19.8 Å². The second kappa shape index (κ2) is 6.80. The van der Waals surface area contributed by atoms with Crippen molar-refractivity contribution in [3.63, 3.8) is 0 Å². The lowest BCUT2D eigenvalue weighted by Crippen LogP contribution is -2.50. The maximum atomic E-state index is 12.7. The first kappa shape index (κ1) is 15.5. The molecule has 2 aliphatic heterocycles. The minimum Gasteiger partial charge on any atom is -0.394 e. The van der Waals surface area contributed by atoms with Crippen molar-refractivity contribution >= 4 is 5.91 Å². The Morgan fingerprint density at radius 2 is 2.23 bits per heavy atom. The van der Waals surface area contributed by atoms with Gasteiger partial charge in [-0.2, -0.15) is 0 Å². The van der Waals surface area contributed by atoms with E-state index < -0.39 is 0 Å². The summed E-state index contributed by atoms with van der Waals surface area (Å²) < 4.78 is 5.85. The van der Waals surface area contributed by atoms with Crippen LogP contribution in [0.5, 0.6) is 0 Å². The van der Waals surface area contributed by atoms with Crippen molar-refractivity contribution in [1.82, 2.24) is 4.90 Å². The number of carbonyl (C=O) groups excluding carboxylic acids is 1. The maximum absolute atomic E-state index is 12.7. The Morgan fingerprint density at radius 1 is 1.41 bits per heavy atom. The number of hydrogen-bond acceptors (Lipinski definition) is 3. The fraction of sp³-hybridized carbons (Fsp3) is 0.611. The molecule has 120 valence electrons. The molecule has 3 unspecified atom stereocenters. The summed E-state index contributed by atoms with van der Waals surface area (Å²) in [5.74, 6) is 0.467. The van der Waals surface area contributed by atoms with E-state index in [1.807, 2.05) is 17.0 Å². The third-order valence-electron chi connectivity index (χ3n) is 5.08. The summed E-state index contributed by atoms with van der Waals surface area (Å²) in [5.41, 5.74) is 2.44. The number of carbonyl (C=O) groups is 1. The van der Waals surface area contributed by atoms with Gasteiger partial charge in [0.2, 0.25) is 5.91 Å². The number of amides is 1. The number of aliphatic hydroxyl groups is 1. The van der Waals surface area contributed by atoms with Crippen LogP contribution in [0.15, 0.2) is 24.3 Å². The van der Waals surface area contributed by atoms with Gasteiger partial charge in [-0.05, 0) is 36.3 Å². The lowest BCUT2D eigenvalue weighted by Gasteiger charge is -2.40. The molecule has 3 rings (SSSR count). The molecule has 4 nitrogen and oxygen atoms in total. The van der Waals surface area contributed by atoms with Gasteiger partial charge in [0.25, 0.3) is 0 Å². The molecule has 2 aliphatic rings. The van der Waals surface area contributed by atoms with Crippen LogP contribution in [-0.4, -0.2) is 41.7 Å². The van der Waals surface area contributed by atoms with Gasteiger partial charge in [-0.3, -0.25) is 4.79 Å². The van der Waals surface area contributed by atoms with Crippen LogP contribution in [0.2, 0.25) is 0 Å². The zero-order valence-corrected chi connectivity index (χ0v) is 13.2. The fourth-order valence-electron chi connectivity index (χ4n) is 3.76. The van der Waals surface area contributed by atoms with E-state index in [1.165, 1.54) is 5.56 Å². The molecule has 0 aromatic heterocycles. The van der Waals surface area contributed by atoms with E-state index in [9.17, 15) is 9.90 Å². The van der Waals surface area contributed by atoms with Crippen LogP contribution in [0.3, 0.4) is 0 Å². The molecule has 2 heterocycles. The molecule has 0 spiro atoms. The van der Waals surface area contributed by atoms with Gasteiger partial charge in [0, 0.05) is 6.54 Å². The molecule has 1 saturated heterocycles. The Labute approximate surface area is 132 Å². The molecule has 1 aromatic carbocycles. The number of likely N-dealkylation sites (tertiary alicyclic amines) is 1. The Hall–Kier alpha value is -1.39. The molecular formula is C18H25NO3. The first-order chi connectivity index (χ1) is 10.7. The number of rotatable bonds is 3. The average Bonchev–Trinajstić information content (AvgIpc) is 2.55. The highest BCUT2D eigenvalue weighted by Crippen LogP contribution is 2.31. The summed E-state index contributed by atoms with van der Waals surface area (Å²) >= 11 is 0. The highest BCUT2D eigenvalue weighted by molar-refractivity contribution is 5.77. The lowest BCUT2D eigenvalue weighted by molar-refractivity contribution is -0.141. The van der Waals surface area contributed by atoms with E-state index in [0.717, 1.165) is 31.4 Å². The molecule has 0 radical (unpaired) electrons. The molecule has 4 heteroatoms. The van der Waals surface area contributed by atoms with Crippen molar-refractivity contribution < 1.29 is 14.6 Å². The zero-order valence-electron chi connectivity index (χ0n) is 13.2. The number of fused-ring (bicyclic) bond motifs is 1. The summed E-state index contributed by atoms with van der Waals surface area (Å²) in [6, 6.07) is 8.19. The van der Waals surface area contributed by atoms with E-state index in [1.54, 1.807) is 0 Å². The molecule has 1 N–H and O–H groups in total. The first-order valence-corrected chi connectivity index (χ1v) is 8.30. The third kappa shape index (κ3) is 3.03. The number of ether oxygens (including phenoxy) is 1. The Balaban J connectivity index is 1.72. The zero-order chi connectivity index (χ0) is 15.5. The van der Waals surface area contributed by atoms with Gasteiger partial charge in [0.1, 0.15) is 0 Å². The Kier molecular flexibility index (Phi) is 4.79. The van der Waals surface area contributed by atoms with Crippen molar-refractivity contribution in [3.05, 3.63) is 35.4 Å². The molecular weight excluding hydrogens is 278 g/mol. The summed E-state index contributed by atoms with van der Waals surface area (Å²) in [4.78, 5) is 14.6. The minimum absolute atomic E-state index is 0.0416. The van der Waals surface area contributed by atoms with Crippen LogP contribution in [0.25, 0.3) is 0 Å². The second-order valence-electron chi connectivity index (χ2n) is 6.47. The van der Waals surface area contributed by atoms with Gasteiger partial charge in [-0.15, -0.1) is 0 Å². The van der Waals surface area contributed by atoms with E-state index in [2.05, 4.69) is 19.1 Å². The second-order valence-corrected chi connectivity index (χ2v) is 6.47. The van der Waals surface area contributed by atoms with E-state index in [4.69, 9.17) is 4.74 Å². The highest BCUT2D eigenvalue weighted by atomic mass is 16.5. The molecule has 0 saturated carbocycles. The summed E-state index contributed by atoms with van der Waals surface area (Å²) in [6.45, 7) is 3.60. The Morgan fingerprint density at radius 3 is 3.05 bits per heavy atom. The standard InChI is InChI=1S/C18H25NO3/c1-13-5-4-9-19(16(13)12-20)18(21)11-17-15-7-3-2-6-14(15)8-10-22-17/h2-3,6-7,13,16-17,20H,4-5,8-12H2,1H3. The van der Waals surface area contributed by atoms with Crippen LogP contribution in [0.4, 0.5) is 0 Å². The van der Waals surface area contributed by atoms with Crippen molar-refractivity contribution in [3.8, 4) is 0 Å². The fourth-order valence-corrected chi connectivity index (χ4v) is 3.76. The van der Waals surface area contributed by atoms with Gasteiger partial charge in [-0.1, -0.05) is 31.2 Å². The quantitative estimate of drug-likeness (QED) is 0.932. The number of nitrogens with zero attached hydrogens (tertiary/aromatic N) is 1. The molecule has 0 bridgehead atoms. The number of hydrogen-bond donors (Lipinski definition) is 1. The van der Waals surface area contributed by atoms with E-state index in [0.29, 0.717) is 18.9 Å². The van der Waals surface area contributed by atoms with Gasteiger partial charge < -0.3 is 14.7 Å². The van der Waals surface area contributed by atoms with Gasteiger partial charge in [0.05, 0.1) is 31.8 Å². The van der Waals surface area contributed by atoms with Crippen LogP contribution in [-0.2, 0) is 16.0 Å². The minimum atomic E-state index is -0.144. The maximum Gasteiger partial charge on any atom is 0.225 e. The third-order valence-corrected chi connectivity index (χ3v) is 5.08. The molecule has 1 amide bonds. The topological polar surface area (TPSA) is 49.8 Å². The van der Waals surface area contributed by atoms with Gasteiger partial charge in [0.15, 0.2) is 0 Å². The normalized spacial score (nSPS) is 28.3. The largest absolute Gasteiger partial charge is 0.394 e. The van der Waals surface area contributed by atoms with Crippen LogP contribution < -0.4 is 0 Å². The lowest BCUT2D eigenvalue weighted by atomic mass is 9.90. The monoisotopic (exact) mass is 303 g/mol. The molecule has 22 heavy (non-hydrogen) atoms. The smallest absolute Gasteiger partial charge is 0.225 e. The van der Waals surface area contributed by atoms with Crippen molar-refractivity contribution in [1.29, 1.82) is 0 Å². The molecule has 0 aliphatic carbocycles. The van der Waals surface area contributed by atoms with E-state index in [-0.39, 0.29) is 24.7 Å². The van der Waals surface area contributed by atoms with Crippen LogP contribution >= 0.6 is 0 Å². The summed E-state index contributed by atoms with van der Waals surface area (Å²) in [6.07, 6.45) is 3.25.